The number of nitrogens with zero attached hydrogens (tertiary/aromatic N) is 1. The summed E-state index contributed by atoms with van der Waals surface area (Å²) in [4.78, 5) is 18.4. The van der Waals surface area contributed by atoms with Crippen LogP contribution in [0.25, 0.3) is 11.3 Å². The van der Waals surface area contributed by atoms with Crippen molar-refractivity contribution >= 4 is 11.6 Å². The van der Waals surface area contributed by atoms with Gasteiger partial charge in [0.15, 0.2) is 0 Å². The van der Waals surface area contributed by atoms with Crippen LogP contribution in [0.5, 0.6) is 0 Å². The molecule has 88 valence electrons. The van der Waals surface area contributed by atoms with E-state index in [-0.39, 0.29) is 10.6 Å². The van der Waals surface area contributed by atoms with Crippen LogP contribution < -0.4 is 5.56 Å². The van der Waals surface area contributed by atoms with E-state index in [1.165, 1.54) is 18.2 Å². The van der Waals surface area contributed by atoms with E-state index in [0.717, 1.165) is 0 Å². The number of aryl methyl sites for hydroxylation is 1. The van der Waals surface area contributed by atoms with Gasteiger partial charge in [-0.3, -0.25) is 4.79 Å². The van der Waals surface area contributed by atoms with Gasteiger partial charge >= 0.3 is 0 Å². The molecule has 2 aromatic rings. The van der Waals surface area contributed by atoms with Crippen LogP contribution in [0.3, 0.4) is 0 Å². The molecule has 0 fully saturated rings. The molecule has 0 saturated heterocycles. The largest absolute Gasteiger partial charge is 0.311 e. The maximum atomic E-state index is 12.9. The highest BCUT2D eigenvalue weighted by Crippen LogP contribution is 2.28. The summed E-state index contributed by atoms with van der Waals surface area (Å²) >= 11 is 5.95. The zero-order chi connectivity index (χ0) is 12.6. The van der Waals surface area contributed by atoms with Gasteiger partial charge in [0.2, 0.25) is 0 Å². The van der Waals surface area contributed by atoms with E-state index in [4.69, 9.17) is 11.6 Å². The Kier molecular flexibility index (Phi) is 2.98. The van der Waals surface area contributed by atoms with Gasteiger partial charge in [-0.2, -0.15) is 0 Å². The van der Waals surface area contributed by atoms with Crippen LogP contribution in [0.15, 0.2) is 23.0 Å². The minimum absolute atomic E-state index is 0.215. The number of aromatic nitrogens is 2. The number of H-pyrrole nitrogens is 1. The predicted molar refractivity (Wildman–Crippen MR) is 64.7 cm³/mol. The Morgan fingerprint density at radius 1 is 1.35 bits per heavy atom. The maximum absolute atomic E-state index is 12.9. The first-order valence-corrected chi connectivity index (χ1v) is 5.40. The first-order chi connectivity index (χ1) is 7.99. The highest BCUT2D eigenvalue weighted by molar-refractivity contribution is 6.33. The van der Waals surface area contributed by atoms with Gasteiger partial charge in [0.05, 0.1) is 10.7 Å². The number of rotatable bonds is 1. The quantitative estimate of drug-likeness (QED) is 0.848. The number of aromatic amines is 1. The molecule has 0 aliphatic carbocycles. The third-order valence-electron chi connectivity index (χ3n) is 2.46. The van der Waals surface area contributed by atoms with Crippen LogP contribution in [0.4, 0.5) is 4.39 Å². The fourth-order valence-corrected chi connectivity index (χ4v) is 1.85. The molecule has 5 heteroatoms. The third-order valence-corrected chi connectivity index (χ3v) is 2.77. The minimum atomic E-state index is -0.419. The van der Waals surface area contributed by atoms with Gasteiger partial charge in [-0.1, -0.05) is 11.6 Å². The van der Waals surface area contributed by atoms with Crippen molar-refractivity contribution in [2.45, 2.75) is 13.8 Å². The fraction of sp³-hybridized carbons (Fsp3) is 0.167. The summed E-state index contributed by atoms with van der Waals surface area (Å²) in [7, 11) is 0. The third kappa shape index (κ3) is 2.22. The summed E-state index contributed by atoms with van der Waals surface area (Å²) in [6.45, 7) is 3.34. The molecule has 1 heterocycles. The van der Waals surface area contributed by atoms with Crippen LogP contribution in [0.2, 0.25) is 5.02 Å². The summed E-state index contributed by atoms with van der Waals surface area (Å²) in [6, 6.07) is 4.01. The first kappa shape index (κ1) is 11.8. The van der Waals surface area contributed by atoms with Crippen molar-refractivity contribution in [1.82, 2.24) is 9.97 Å². The van der Waals surface area contributed by atoms with Crippen molar-refractivity contribution in [2.75, 3.05) is 0 Å². The molecule has 0 atom stereocenters. The van der Waals surface area contributed by atoms with E-state index in [1.807, 2.05) is 0 Å². The van der Waals surface area contributed by atoms with Crippen LogP contribution >= 0.6 is 11.6 Å². The van der Waals surface area contributed by atoms with E-state index < -0.39 is 5.82 Å². The lowest BCUT2D eigenvalue weighted by Gasteiger charge is -2.07. The van der Waals surface area contributed by atoms with E-state index in [9.17, 15) is 9.18 Å². The molecule has 0 saturated carbocycles. The van der Waals surface area contributed by atoms with Gasteiger partial charge in [0.1, 0.15) is 11.6 Å². The van der Waals surface area contributed by atoms with E-state index in [1.54, 1.807) is 13.8 Å². The highest BCUT2D eigenvalue weighted by Gasteiger charge is 2.11. The second-order valence-electron chi connectivity index (χ2n) is 3.75. The van der Waals surface area contributed by atoms with Crippen LogP contribution in [0.1, 0.15) is 11.4 Å². The average Bonchev–Trinajstić information content (AvgIpc) is 2.24. The van der Waals surface area contributed by atoms with E-state index in [0.29, 0.717) is 22.6 Å². The zero-order valence-electron chi connectivity index (χ0n) is 9.34. The highest BCUT2D eigenvalue weighted by atomic mass is 35.5. The van der Waals surface area contributed by atoms with Gasteiger partial charge in [-0.25, -0.2) is 9.37 Å². The molecule has 17 heavy (non-hydrogen) atoms. The molecule has 0 radical (unpaired) electrons. The number of hydrogen-bond donors (Lipinski definition) is 1. The Bertz CT molecular complexity index is 637. The van der Waals surface area contributed by atoms with E-state index >= 15 is 0 Å². The van der Waals surface area contributed by atoms with Gasteiger partial charge in [0, 0.05) is 11.1 Å². The Morgan fingerprint density at radius 2 is 2.06 bits per heavy atom. The average molecular weight is 253 g/mol. The number of hydrogen-bond acceptors (Lipinski definition) is 2. The topological polar surface area (TPSA) is 45.8 Å². The van der Waals surface area contributed by atoms with Crippen molar-refractivity contribution in [2.24, 2.45) is 0 Å². The second kappa shape index (κ2) is 4.30. The molecule has 0 unspecified atom stereocenters. The molecule has 1 N–H and O–H groups in total. The monoisotopic (exact) mass is 252 g/mol. The lowest BCUT2D eigenvalue weighted by molar-refractivity contribution is 0.628. The Morgan fingerprint density at radius 3 is 2.71 bits per heavy atom. The molecule has 0 bridgehead atoms. The SMILES string of the molecule is Cc1nc(-c2ccc(F)cc2Cl)c(C)c(=O)[nH]1. The van der Waals surface area contributed by atoms with Crippen molar-refractivity contribution in [3.05, 3.63) is 50.8 Å². The zero-order valence-corrected chi connectivity index (χ0v) is 10.1. The van der Waals surface area contributed by atoms with Gasteiger partial charge < -0.3 is 4.98 Å². The molecule has 0 amide bonds. The molecule has 0 aliphatic heterocycles. The van der Waals surface area contributed by atoms with E-state index in [2.05, 4.69) is 9.97 Å². The Hall–Kier alpha value is -1.68. The molecule has 2 rings (SSSR count). The maximum Gasteiger partial charge on any atom is 0.254 e. The lowest BCUT2D eigenvalue weighted by atomic mass is 10.1. The summed E-state index contributed by atoms with van der Waals surface area (Å²) in [5.74, 6) is 0.0777. The number of nitrogens with one attached hydrogen (secondary N) is 1. The first-order valence-electron chi connectivity index (χ1n) is 5.02. The Labute approximate surface area is 102 Å². The standard InChI is InChI=1S/C12H10ClFN2O/c1-6-11(15-7(2)16-12(6)17)9-4-3-8(14)5-10(9)13/h3-5H,1-2H3,(H,15,16,17). The van der Waals surface area contributed by atoms with Crippen LogP contribution in [-0.4, -0.2) is 9.97 Å². The van der Waals surface area contributed by atoms with Crippen molar-refractivity contribution < 1.29 is 4.39 Å². The summed E-state index contributed by atoms with van der Waals surface area (Å²) in [5.41, 5.74) is 1.29. The summed E-state index contributed by atoms with van der Waals surface area (Å²) in [5, 5.41) is 0.241. The lowest BCUT2D eigenvalue weighted by Crippen LogP contribution is -2.14. The normalized spacial score (nSPS) is 10.6. The molecule has 0 aliphatic rings. The molecule has 1 aromatic carbocycles. The van der Waals surface area contributed by atoms with Crippen LogP contribution in [0, 0.1) is 19.7 Å². The fourth-order valence-electron chi connectivity index (χ4n) is 1.59. The molecule has 3 nitrogen and oxygen atoms in total. The second-order valence-corrected chi connectivity index (χ2v) is 4.16. The minimum Gasteiger partial charge on any atom is -0.311 e. The Balaban J connectivity index is 2.72. The molecular formula is C12H10ClFN2O. The van der Waals surface area contributed by atoms with Gasteiger partial charge in [-0.05, 0) is 32.0 Å². The molecule has 1 aromatic heterocycles. The summed E-state index contributed by atoms with van der Waals surface area (Å²) in [6.07, 6.45) is 0. The van der Waals surface area contributed by atoms with Crippen molar-refractivity contribution in [1.29, 1.82) is 0 Å². The van der Waals surface area contributed by atoms with Gasteiger partial charge in [0.25, 0.3) is 5.56 Å². The smallest absolute Gasteiger partial charge is 0.254 e. The molecule has 0 spiro atoms. The predicted octanol–water partition coefficient (Wildman–Crippen LogP) is 2.85. The number of halogens is 2. The van der Waals surface area contributed by atoms with Crippen molar-refractivity contribution in [3.63, 3.8) is 0 Å². The van der Waals surface area contributed by atoms with Crippen LogP contribution in [-0.2, 0) is 0 Å². The number of benzene rings is 1. The van der Waals surface area contributed by atoms with Gasteiger partial charge in [-0.15, -0.1) is 0 Å². The summed E-state index contributed by atoms with van der Waals surface area (Å²) < 4.78 is 12.9. The van der Waals surface area contributed by atoms with Crippen molar-refractivity contribution in [3.8, 4) is 11.3 Å². The molecular weight excluding hydrogens is 243 g/mol.